The first kappa shape index (κ1) is 18.5. The van der Waals surface area contributed by atoms with E-state index in [1.165, 1.54) is 0 Å². The number of rotatable bonds is 6. The molecular weight excluding hydrogens is 352 g/mol. The topological polar surface area (TPSA) is 50.6 Å². The van der Waals surface area contributed by atoms with E-state index < -0.39 is 0 Å². The number of hydrogen-bond acceptors (Lipinski definition) is 4. The standard InChI is InChI=1S/C22H26N4O2/c1-28-20-5-6-21-18(16-20)7-11-26(21)17-22(27)25-14-12-24(13-15-25)10-8-19-4-2-3-9-23-19/h2-7,9,11,16H,8,10,12-15,17H2,1H3. The fraction of sp³-hybridized carbons (Fsp3) is 0.364. The lowest BCUT2D eigenvalue weighted by Crippen LogP contribution is -2.49. The summed E-state index contributed by atoms with van der Waals surface area (Å²) in [5.41, 5.74) is 2.18. The number of methoxy groups -OCH3 is 1. The van der Waals surface area contributed by atoms with Gasteiger partial charge in [-0.1, -0.05) is 6.07 Å². The molecule has 1 saturated heterocycles. The van der Waals surface area contributed by atoms with Crippen molar-refractivity contribution in [2.75, 3.05) is 39.8 Å². The van der Waals surface area contributed by atoms with Gasteiger partial charge >= 0.3 is 0 Å². The highest BCUT2D eigenvalue weighted by molar-refractivity contribution is 5.84. The van der Waals surface area contributed by atoms with Gasteiger partial charge in [-0.3, -0.25) is 14.7 Å². The number of amides is 1. The van der Waals surface area contributed by atoms with Gasteiger partial charge in [-0.2, -0.15) is 0 Å². The summed E-state index contributed by atoms with van der Waals surface area (Å²) in [6.07, 6.45) is 4.77. The minimum atomic E-state index is 0.178. The summed E-state index contributed by atoms with van der Waals surface area (Å²) < 4.78 is 7.29. The summed E-state index contributed by atoms with van der Waals surface area (Å²) in [4.78, 5) is 21.5. The van der Waals surface area contributed by atoms with E-state index >= 15 is 0 Å². The third-order valence-corrected chi connectivity index (χ3v) is 5.42. The molecule has 1 aromatic carbocycles. The minimum absolute atomic E-state index is 0.178. The number of hydrogen-bond donors (Lipinski definition) is 0. The van der Waals surface area contributed by atoms with E-state index in [-0.39, 0.29) is 5.91 Å². The molecule has 0 aliphatic carbocycles. The quantitative estimate of drug-likeness (QED) is 0.661. The van der Waals surface area contributed by atoms with Gasteiger partial charge in [-0.25, -0.2) is 0 Å². The molecule has 0 atom stereocenters. The van der Waals surface area contributed by atoms with Crippen LogP contribution in [-0.2, 0) is 17.8 Å². The third-order valence-electron chi connectivity index (χ3n) is 5.42. The second kappa shape index (κ2) is 8.44. The summed E-state index contributed by atoms with van der Waals surface area (Å²) in [6, 6.07) is 14.0. The van der Waals surface area contributed by atoms with Gasteiger partial charge in [0.15, 0.2) is 0 Å². The van der Waals surface area contributed by atoms with E-state index in [1.807, 2.05) is 58.3 Å². The molecule has 28 heavy (non-hydrogen) atoms. The van der Waals surface area contributed by atoms with Crippen LogP contribution in [0, 0.1) is 0 Å². The van der Waals surface area contributed by atoms with E-state index in [0.29, 0.717) is 6.54 Å². The summed E-state index contributed by atoms with van der Waals surface area (Å²) in [7, 11) is 1.66. The Labute approximate surface area is 165 Å². The highest BCUT2D eigenvalue weighted by Crippen LogP contribution is 2.22. The van der Waals surface area contributed by atoms with Crippen molar-refractivity contribution < 1.29 is 9.53 Å². The van der Waals surface area contributed by atoms with Crippen molar-refractivity contribution in [3.8, 4) is 5.75 Å². The summed E-state index contributed by atoms with van der Waals surface area (Å²) >= 11 is 0. The lowest BCUT2D eigenvalue weighted by molar-refractivity contribution is -0.133. The Balaban J connectivity index is 1.29. The lowest BCUT2D eigenvalue weighted by atomic mass is 10.2. The van der Waals surface area contributed by atoms with Gasteiger partial charge in [0.1, 0.15) is 12.3 Å². The summed E-state index contributed by atoms with van der Waals surface area (Å²) in [5, 5.41) is 1.09. The van der Waals surface area contributed by atoms with Gasteiger partial charge in [0, 0.05) is 68.1 Å². The molecular formula is C22H26N4O2. The van der Waals surface area contributed by atoms with Gasteiger partial charge in [0.2, 0.25) is 5.91 Å². The fourth-order valence-electron chi connectivity index (χ4n) is 3.73. The SMILES string of the molecule is COc1ccc2c(ccn2CC(=O)N2CCN(CCc3ccccn3)CC2)c1. The first-order chi connectivity index (χ1) is 13.7. The Hall–Kier alpha value is -2.86. The van der Waals surface area contributed by atoms with Crippen LogP contribution < -0.4 is 4.74 Å². The Bertz CT molecular complexity index is 930. The predicted molar refractivity (Wildman–Crippen MR) is 109 cm³/mol. The Morgan fingerprint density at radius 1 is 1.11 bits per heavy atom. The Kier molecular flexibility index (Phi) is 5.58. The van der Waals surface area contributed by atoms with Crippen LogP contribution in [0.15, 0.2) is 54.9 Å². The number of ether oxygens (including phenoxy) is 1. The molecule has 3 aromatic rings. The first-order valence-electron chi connectivity index (χ1n) is 9.76. The molecule has 1 amide bonds. The summed E-state index contributed by atoms with van der Waals surface area (Å²) in [5.74, 6) is 1.01. The summed E-state index contributed by atoms with van der Waals surface area (Å²) in [6.45, 7) is 4.78. The molecule has 1 aliphatic heterocycles. The van der Waals surface area contributed by atoms with Crippen LogP contribution >= 0.6 is 0 Å². The molecule has 0 radical (unpaired) electrons. The molecule has 0 saturated carbocycles. The molecule has 1 fully saturated rings. The highest BCUT2D eigenvalue weighted by atomic mass is 16.5. The average Bonchev–Trinajstić information content (AvgIpc) is 3.15. The number of carbonyl (C=O) groups is 1. The normalized spacial score (nSPS) is 15.1. The largest absolute Gasteiger partial charge is 0.497 e. The van der Waals surface area contributed by atoms with Crippen molar-refractivity contribution >= 4 is 16.8 Å². The van der Waals surface area contributed by atoms with Crippen LogP contribution in [0.1, 0.15) is 5.69 Å². The Morgan fingerprint density at radius 2 is 1.96 bits per heavy atom. The van der Waals surface area contributed by atoms with Gasteiger partial charge in [-0.05, 0) is 36.4 Å². The van der Waals surface area contributed by atoms with Crippen molar-refractivity contribution in [3.05, 3.63) is 60.6 Å². The molecule has 0 unspecified atom stereocenters. The number of piperazine rings is 1. The van der Waals surface area contributed by atoms with E-state index in [4.69, 9.17) is 4.74 Å². The molecule has 6 nitrogen and oxygen atoms in total. The number of carbonyl (C=O) groups excluding carboxylic acids is 1. The van der Waals surface area contributed by atoms with Crippen molar-refractivity contribution in [1.29, 1.82) is 0 Å². The second-order valence-electron chi connectivity index (χ2n) is 7.16. The van der Waals surface area contributed by atoms with Gasteiger partial charge < -0.3 is 14.2 Å². The molecule has 6 heteroatoms. The molecule has 0 bridgehead atoms. The monoisotopic (exact) mass is 378 g/mol. The van der Waals surface area contributed by atoms with Gasteiger partial charge in [0.05, 0.1) is 7.11 Å². The molecule has 0 spiro atoms. The van der Waals surface area contributed by atoms with Crippen LogP contribution in [-0.4, -0.2) is 65.1 Å². The predicted octanol–water partition coefficient (Wildman–Crippen LogP) is 2.43. The Morgan fingerprint density at radius 3 is 2.71 bits per heavy atom. The maximum Gasteiger partial charge on any atom is 0.242 e. The maximum atomic E-state index is 12.8. The van der Waals surface area contributed by atoms with Crippen molar-refractivity contribution in [1.82, 2.24) is 19.4 Å². The van der Waals surface area contributed by atoms with Crippen LogP contribution in [0.4, 0.5) is 0 Å². The van der Waals surface area contributed by atoms with Crippen LogP contribution in [0.3, 0.4) is 0 Å². The van der Waals surface area contributed by atoms with Crippen molar-refractivity contribution in [3.63, 3.8) is 0 Å². The average molecular weight is 378 g/mol. The molecule has 146 valence electrons. The molecule has 2 aromatic heterocycles. The van der Waals surface area contributed by atoms with E-state index in [2.05, 4.69) is 16.0 Å². The third kappa shape index (κ3) is 4.17. The van der Waals surface area contributed by atoms with Crippen LogP contribution in [0.5, 0.6) is 5.75 Å². The number of nitrogens with zero attached hydrogens (tertiary/aromatic N) is 4. The van der Waals surface area contributed by atoms with Crippen molar-refractivity contribution in [2.45, 2.75) is 13.0 Å². The molecule has 3 heterocycles. The fourth-order valence-corrected chi connectivity index (χ4v) is 3.73. The minimum Gasteiger partial charge on any atom is -0.497 e. The van der Waals surface area contributed by atoms with E-state index in [0.717, 1.165) is 61.5 Å². The zero-order valence-electron chi connectivity index (χ0n) is 16.3. The molecule has 1 aliphatic rings. The van der Waals surface area contributed by atoms with E-state index in [1.54, 1.807) is 7.11 Å². The maximum absolute atomic E-state index is 12.8. The van der Waals surface area contributed by atoms with E-state index in [9.17, 15) is 4.79 Å². The zero-order chi connectivity index (χ0) is 19.3. The van der Waals surface area contributed by atoms with Crippen molar-refractivity contribution in [2.24, 2.45) is 0 Å². The highest BCUT2D eigenvalue weighted by Gasteiger charge is 2.21. The van der Waals surface area contributed by atoms with Crippen LogP contribution in [0.25, 0.3) is 10.9 Å². The number of pyridine rings is 1. The molecule has 0 N–H and O–H groups in total. The molecule has 4 rings (SSSR count). The van der Waals surface area contributed by atoms with Gasteiger partial charge in [0.25, 0.3) is 0 Å². The number of benzene rings is 1. The number of fused-ring (bicyclic) bond motifs is 1. The second-order valence-corrected chi connectivity index (χ2v) is 7.16. The van der Waals surface area contributed by atoms with Crippen LogP contribution in [0.2, 0.25) is 0 Å². The lowest BCUT2D eigenvalue weighted by Gasteiger charge is -2.34. The van der Waals surface area contributed by atoms with Gasteiger partial charge in [-0.15, -0.1) is 0 Å². The zero-order valence-corrected chi connectivity index (χ0v) is 16.3. The smallest absolute Gasteiger partial charge is 0.242 e. The number of aromatic nitrogens is 2. The first-order valence-corrected chi connectivity index (χ1v) is 9.76.